The molecule has 0 spiro atoms. The van der Waals surface area contributed by atoms with Crippen LogP contribution in [-0.4, -0.2) is 41.2 Å². The molecule has 0 bridgehead atoms. The van der Waals surface area contributed by atoms with Crippen molar-refractivity contribution in [2.24, 2.45) is 0 Å². The number of aromatic nitrogens is 1. The van der Waals surface area contributed by atoms with Crippen LogP contribution in [0.1, 0.15) is 36.8 Å². The van der Waals surface area contributed by atoms with Gasteiger partial charge in [-0.05, 0) is 80.1 Å². The number of benzene rings is 2. The molecule has 0 aliphatic rings. The van der Waals surface area contributed by atoms with Crippen LogP contribution in [0.5, 0.6) is 11.5 Å². The molecule has 8 heteroatoms. The highest BCUT2D eigenvalue weighted by Crippen LogP contribution is 2.34. The minimum absolute atomic E-state index is 0.106. The first kappa shape index (κ1) is 25.2. The third-order valence-corrected chi connectivity index (χ3v) is 6.33. The second-order valence-corrected chi connectivity index (χ2v) is 9.83. The average Bonchev–Trinajstić information content (AvgIpc) is 2.81. The first-order valence-corrected chi connectivity index (χ1v) is 13.1. The lowest BCUT2D eigenvalue weighted by atomic mass is 10.1. The van der Waals surface area contributed by atoms with E-state index in [0.717, 1.165) is 53.6 Å². The van der Waals surface area contributed by atoms with E-state index in [0.29, 0.717) is 26.1 Å². The Morgan fingerprint density at radius 2 is 1.91 bits per heavy atom. The number of rotatable bonds is 14. The molecule has 33 heavy (non-hydrogen) atoms. The Morgan fingerprint density at radius 3 is 2.73 bits per heavy atom. The average molecular weight is 473 g/mol. The minimum atomic E-state index is -3.94. The van der Waals surface area contributed by atoms with Gasteiger partial charge in [0, 0.05) is 18.1 Å². The summed E-state index contributed by atoms with van der Waals surface area (Å²) in [7, 11) is -2.25. The highest BCUT2D eigenvalue weighted by atomic mass is 31.2. The van der Waals surface area contributed by atoms with Crippen LogP contribution in [0, 0.1) is 0 Å². The molecule has 0 atom stereocenters. The van der Waals surface area contributed by atoms with Gasteiger partial charge in [0.1, 0.15) is 11.5 Å². The molecule has 0 unspecified atom stereocenters. The lowest BCUT2D eigenvalue weighted by Crippen LogP contribution is -2.16. The van der Waals surface area contributed by atoms with E-state index in [2.05, 4.69) is 22.4 Å². The van der Waals surface area contributed by atoms with Crippen molar-refractivity contribution in [3.05, 3.63) is 65.9 Å². The van der Waals surface area contributed by atoms with Crippen molar-refractivity contribution >= 4 is 18.5 Å². The number of hydrogen-bond acceptors (Lipinski definition) is 5. The smallest absolute Gasteiger partial charge is 0.325 e. The second kappa shape index (κ2) is 12.7. The number of nitrogens with zero attached hydrogens (tertiary/aromatic N) is 1. The number of unbranched alkanes of at least 4 members (excludes halogenated alkanes) is 2. The summed E-state index contributed by atoms with van der Waals surface area (Å²) in [5, 5.41) is 4.22. The molecular formula is C25H33N2O5P. The topological polar surface area (TPSA) is 101 Å². The molecule has 0 amide bonds. The van der Waals surface area contributed by atoms with Crippen LogP contribution in [0.25, 0.3) is 10.9 Å². The maximum Gasteiger partial charge on any atom is 0.325 e. The van der Waals surface area contributed by atoms with Crippen LogP contribution < -0.4 is 14.8 Å². The first-order valence-electron chi connectivity index (χ1n) is 11.3. The Bertz CT molecular complexity index is 1070. The molecule has 0 radical (unpaired) electrons. The molecule has 1 aromatic heterocycles. The van der Waals surface area contributed by atoms with E-state index < -0.39 is 7.60 Å². The summed E-state index contributed by atoms with van der Waals surface area (Å²) in [6, 6.07) is 16.1. The zero-order chi connectivity index (χ0) is 23.5. The third kappa shape index (κ3) is 8.45. The van der Waals surface area contributed by atoms with Crippen molar-refractivity contribution in [2.75, 3.05) is 26.4 Å². The lowest BCUT2D eigenvalue weighted by Gasteiger charge is -2.13. The number of fused-ring (bicyclic) bond motifs is 1. The molecule has 0 aliphatic heterocycles. The Hall–Kier alpha value is -2.44. The van der Waals surface area contributed by atoms with Gasteiger partial charge in [-0.15, -0.1) is 0 Å². The molecule has 7 nitrogen and oxygen atoms in total. The monoisotopic (exact) mass is 472 g/mol. The predicted octanol–water partition coefficient (Wildman–Crippen LogP) is 4.69. The summed E-state index contributed by atoms with van der Waals surface area (Å²) in [6.07, 6.45) is 6.28. The highest BCUT2D eigenvalue weighted by molar-refractivity contribution is 7.51. The zero-order valence-corrected chi connectivity index (χ0v) is 20.0. The molecule has 0 saturated carbocycles. The van der Waals surface area contributed by atoms with E-state index in [9.17, 15) is 4.57 Å². The molecule has 0 saturated heterocycles. The first-order chi connectivity index (χ1) is 16.0. The van der Waals surface area contributed by atoms with Gasteiger partial charge >= 0.3 is 7.60 Å². The number of aryl methyl sites for hydroxylation is 1. The summed E-state index contributed by atoms with van der Waals surface area (Å²) in [6.45, 7) is 1.77. The van der Waals surface area contributed by atoms with Crippen molar-refractivity contribution in [3.8, 4) is 11.5 Å². The van der Waals surface area contributed by atoms with Crippen LogP contribution in [0.3, 0.4) is 0 Å². The third-order valence-electron chi connectivity index (χ3n) is 5.43. The number of ether oxygens (including phenoxy) is 2. The fraction of sp³-hybridized carbons (Fsp3) is 0.400. The van der Waals surface area contributed by atoms with E-state index in [-0.39, 0.29) is 6.16 Å². The van der Waals surface area contributed by atoms with Crippen LogP contribution in [-0.2, 0) is 17.5 Å². The van der Waals surface area contributed by atoms with Crippen molar-refractivity contribution in [2.45, 2.75) is 38.6 Å². The van der Waals surface area contributed by atoms with Crippen molar-refractivity contribution in [3.63, 3.8) is 0 Å². The van der Waals surface area contributed by atoms with Crippen LogP contribution in [0.2, 0.25) is 0 Å². The number of methoxy groups -OCH3 is 1. The highest BCUT2D eigenvalue weighted by Gasteiger charge is 2.12. The zero-order valence-electron chi connectivity index (χ0n) is 19.1. The molecule has 3 rings (SSSR count). The van der Waals surface area contributed by atoms with Gasteiger partial charge in [-0.2, -0.15) is 0 Å². The molecule has 3 aromatic rings. The predicted molar refractivity (Wildman–Crippen MR) is 131 cm³/mol. The van der Waals surface area contributed by atoms with Gasteiger partial charge in [0.05, 0.1) is 25.4 Å². The minimum Gasteiger partial charge on any atom is -0.497 e. The molecule has 0 fully saturated rings. The van der Waals surface area contributed by atoms with E-state index in [1.165, 1.54) is 5.56 Å². The van der Waals surface area contributed by atoms with Gasteiger partial charge in [-0.25, -0.2) is 0 Å². The van der Waals surface area contributed by atoms with Gasteiger partial charge in [0.15, 0.2) is 0 Å². The number of nitrogens with one attached hydrogen (secondary N) is 1. The van der Waals surface area contributed by atoms with Gasteiger partial charge in [-0.1, -0.05) is 18.2 Å². The fourth-order valence-corrected chi connectivity index (χ4v) is 4.29. The molecule has 3 N–H and O–H groups in total. The van der Waals surface area contributed by atoms with Gasteiger partial charge in [0.25, 0.3) is 0 Å². The van der Waals surface area contributed by atoms with Crippen LogP contribution >= 0.6 is 7.60 Å². The molecule has 0 aliphatic carbocycles. The molecule has 1 heterocycles. The molecular weight excluding hydrogens is 439 g/mol. The Labute approximate surface area is 195 Å². The van der Waals surface area contributed by atoms with E-state index in [4.69, 9.17) is 19.3 Å². The van der Waals surface area contributed by atoms with Crippen LogP contribution in [0.4, 0.5) is 0 Å². The number of hydrogen-bond donors (Lipinski definition) is 3. The summed E-state index contributed by atoms with van der Waals surface area (Å²) in [5.74, 6) is 1.73. The summed E-state index contributed by atoms with van der Waals surface area (Å²) in [5.41, 5.74) is 3.21. The van der Waals surface area contributed by atoms with Crippen molar-refractivity contribution in [1.82, 2.24) is 10.3 Å². The van der Waals surface area contributed by atoms with Crippen molar-refractivity contribution in [1.29, 1.82) is 0 Å². The number of pyridine rings is 1. The SMILES string of the molecule is COc1cccc(CCCCCOc2ccc(CNCCCP(=O)(O)O)c3ncccc23)c1. The lowest BCUT2D eigenvalue weighted by molar-refractivity contribution is 0.308. The Morgan fingerprint density at radius 1 is 1.03 bits per heavy atom. The van der Waals surface area contributed by atoms with Gasteiger partial charge in [0.2, 0.25) is 0 Å². The standard InChI is InChI=1S/C25H33N2O5P/c1-31-22-10-5-9-20(18-22)8-3-2-4-16-32-24-13-12-21(25-23(24)11-6-15-27-25)19-26-14-7-17-33(28,29)30/h5-6,9-13,15,18,26H,2-4,7-8,14,16-17,19H2,1H3,(H2,28,29,30). The molecule has 2 aromatic carbocycles. The Kier molecular flexibility index (Phi) is 9.70. The summed E-state index contributed by atoms with van der Waals surface area (Å²) in [4.78, 5) is 22.4. The Balaban J connectivity index is 1.45. The maximum absolute atomic E-state index is 10.9. The molecule has 178 valence electrons. The second-order valence-electron chi connectivity index (χ2n) is 8.05. The van der Waals surface area contributed by atoms with E-state index in [1.54, 1.807) is 13.3 Å². The van der Waals surface area contributed by atoms with Gasteiger partial charge < -0.3 is 24.6 Å². The van der Waals surface area contributed by atoms with Crippen LogP contribution in [0.15, 0.2) is 54.7 Å². The van der Waals surface area contributed by atoms with E-state index in [1.807, 2.05) is 36.4 Å². The van der Waals surface area contributed by atoms with E-state index >= 15 is 0 Å². The largest absolute Gasteiger partial charge is 0.497 e. The summed E-state index contributed by atoms with van der Waals surface area (Å²) < 4.78 is 22.3. The van der Waals surface area contributed by atoms with Crippen molar-refractivity contribution < 1.29 is 23.8 Å². The van der Waals surface area contributed by atoms with Gasteiger partial charge in [-0.3, -0.25) is 9.55 Å². The normalized spacial score (nSPS) is 11.6. The maximum atomic E-state index is 10.9. The quantitative estimate of drug-likeness (QED) is 0.231. The fourth-order valence-electron chi connectivity index (χ4n) is 3.72. The summed E-state index contributed by atoms with van der Waals surface area (Å²) >= 11 is 0.